The third-order valence-electron chi connectivity index (χ3n) is 6.03. The highest BCUT2D eigenvalue weighted by molar-refractivity contribution is 5.73. The van der Waals surface area contributed by atoms with Crippen LogP contribution in [0, 0.1) is 11.8 Å². The van der Waals surface area contributed by atoms with Crippen molar-refractivity contribution in [2.75, 3.05) is 51.7 Å². The number of carbonyl (C=O) groups excluding carboxylic acids is 1. The number of amides is 1. The van der Waals surface area contributed by atoms with Gasteiger partial charge in [0, 0.05) is 65.5 Å². The van der Waals surface area contributed by atoms with E-state index >= 15 is 0 Å². The third kappa shape index (κ3) is 5.89. The standard InChI is InChI=1S/C21H35N5O/c1-17(27)26-10-9-25(13-18-7-5-4-6-8-18)14-19(15-26)11-20-12-21(24(2)3)23-16-22-20/h12,16,18-19H,4-11,13-15H2,1-3H3/t19-/m0/s1. The molecule has 2 fully saturated rings. The molecule has 2 heterocycles. The summed E-state index contributed by atoms with van der Waals surface area (Å²) in [5, 5.41) is 0. The Morgan fingerprint density at radius 2 is 1.89 bits per heavy atom. The van der Waals surface area contributed by atoms with Gasteiger partial charge >= 0.3 is 0 Å². The molecule has 0 radical (unpaired) electrons. The van der Waals surface area contributed by atoms with E-state index in [0.29, 0.717) is 5.92 Å². The lowest BCUT2D eigenvalue weighted by molar-refractivity contribution is -0.129. The summed E-state index contributed by atoms with van der Waals surface area (Å²) in [6, 6.07) is 2.08. The van der Waals surface area contributed by atoms with Crippen LogP contribution in [-0.2, 0) is 11.2 Å². The Labute approximate surface area is 164 Å². The van der Waals surface area contributed by atoms with E-state index in [9.17, 15) is 4.79 Å². The van der Waals surface area contributed by atoms with Gasteiger partial charge in [-0.1, -0.05) is 19.3 Å². The smallest absolute Gasteiger partial charge is 0.219 e. The van der Waals surface area contributed by atoms with E-state index in [0.717, 1.165) is 50.0 Å². The minimum Gasteiger partial charge on any atom is -0.363 e. The maximum absolute atomic E-state index is 12.1. The first-order valence-corrected chi connectivity index (χ1v) is 10.5. The SMILES string of the molecule is CC(=O)N1CCN(CC2CCCCC2)C[C@H](Cc2cc(N(C)C)ncn2)C1. The van der Waals surface area contributed by atoms with E-state index in [1.54, 1.807) is 13.3 Å². The molecule has 0 bridgehead atoms. The average Bonchev–Trinajstić information content (AvgIpc) is 2.85. The molecule has 1 amide bonds. The van der Waals surface area contributed by atoms with Crippen molar-refractivity contribution in [1.29, 1.82) is 0 Å². The molecule has 0 N–H and O–H groups in total. The number of anilines is 1. The molecule has 0 spiro atoms. The highest BCUT2D eigenvalue weighted by atomic mass is 16.2. The van der Waals surface area contributed by atoms with Gasteiger partial charge in [0.05, 0.1) is 0 Å². The summed E-state index contributed by atoms with van der Waals surface area (Å²) in [6.07, 6.45) is 9.47. The Bertz CT molecular complexity index is 614. The average molecular weight is 374 g/mol. The molecule has 0 unspecified atom stereocenters. The molecule has 1 aliphatic heterocycles. The monoisotopic (exact) mass is 373 g/mol. The highest BCUT2D eigenvalue weighted by Crippen LogP contribution is 2.26. The maximum atomic E-state index is 12.1. The minimum atomic E-state index is 0.191. The van der Waals surface area contributed by atoms with Crippen molar-refractivity contribution in [3.63, 3.8) is 0 Å². The molecule has 1 saturated heterocycles. The summed E-state index contributed by atoms with van der Waals surface area (Å²) in [4.78, 5) is 27.5. The van der Waals surface area contributed by atoms with E-state index in [-0.39, 0.29) is 5.91 Å². The van der Waals surface area contributed by atoms with Gasteiger partial charge in [0.15, 0.2) is 0 Å². The van der Waals surface area contributed by atoms with Gasteiger partial charge in [-0.2, -0.15) is 0 Å². The second-order valence-electron chi connectivity index (χ2n) is 8.56. The molecule has 150 valence electrons. The lowest BCUT2D eigenvalue weighted by Crippen LogP contribution is -2.36. The fourth-order valence-electron chi connectivity index (χ4n) is 4.53. The molecule has 1 aromatic heterocycles. The summed E-state index contributed by atoms with van der Waals surface area (Å²) >= 11 is 0. The summed E-state index contributed by atoms with van der Waals surface area (Å²) in [6.45, 7) is 6.63. The van der Waals surface area contributed by atoms with Crippen LogP contribution in [0.4, 0.5) is 5.82 Å². The summed E-state index contributed by atoms with van der Waals surface area (Å²) < 4.78 is 0. The lowest BCUT2D eigenvalue weighted by atomic mass is 9.88. The molecular formula is C21H35N5O. The molecule has 1 saturated carbocycles. The summed E-state index contributed by atoms with van der Waals surface area (Å²) in [5.74, 6) is 2.39. The van der Waals surface area contributed by atoms with Crippen molar-refractivity contribution in [2.24, 2.45) is 11.8 Å². The van der Waals surface area contributed by atoms with E-state index in [1.807, 2.05) is 23.9 Å². The van der Waals surface area contributed by atoms with Crippen molar-refractivity contribution in [3.8, 4) is 0 Å². The molecule has 2 aliphatic rings. The molecule has 1 aromatic rings. The Kier molecular flexibility index (Phi) is 7.05. The quantitative estimate of drug-likeness (QED) is 0.793. The predicted molar refractivity (Wildman–Crippen MR) is 109 cm³/mol. The van der Waals surface area contributed by atoms with Gasteiger partial charge in [0.1, 0.15) is 12.1 Å². The van der Waals surface area contributed by atoms with Crippen LogP contribution in [0.5, 0.6) is 0 Å². The first-order chi connectivity index (χ1) is 13.0. The maximum Gasteiger partial charge on any atom is 0.219 e. The largest absolute Gasteiger partial charge is 0.363 e. The Balaban J connectivity index is 1.68. The minimum absolute atomic E-state index is 0.191. The van der Waals surface area contributed by atoms with Gasteiger partial charge < -0.3 is 14.7 Å². The third-order valence-corrected chi connectivity index (χ3v) is 6.03. The van der Waals surface area contributed by atoms with Gasteiger partial charge in [-0.15, -0.1) is 0 Å². The molecular weight excluding hydrogens is 338 g/mol. The van der Waals surface area contributed by atoms with Gasteiger partial charge in [0.25, 0.3) is 0 Å². The number of hydrogen-bond donors (Lipinski definition) is 0. The summed E-state index contributed by atoms with van der Waals surface area (Å²) in [7, 11) is 4.00. The molecule has 6 nitrogen and oxygen atoms in total. The van der Waals surface area contributed by atoms with Crippen LogP contribution in [0.1, 0.15) is 44.7 Å². The van der Waals surface area contributed by atoms with Crippen molar-refractivity contribution >= 4 is 11.7 Å². The van der Waals surface area contributed by atoms with E-state index in [4.69, 9.17) is 0 Å². The Hall–Kier alpha value is -1.69. The second-order valence-corrected chi connectivity index (χ2v) is 8.56. The predicted octanol–water partition coefficient (Wildman–Crippen LogP) is 2.45. The Morgan fingerprint density at radius 1 is 1.11 bits per heavy atom. The molecule has 0 aromatic carbocycles. The van der Waals surface area contributed by atoms with Crippen LogP contribution in [0.3, 0.4) is 0 Å². The topological polar surface area (TPSA) is 52.6 Å². The zero-order valence-corrected chi connectivity index (χ0v) is 17.2. The number of nitrogens with zero attached hydrogens (tertiary/aromatic N) is 5. The highest BCUT2D eigenvalue weighted by Gasteiger charge is 2.27. The zero-order valence-electron chi connectivity index (χ0n) is 17.2. The molecule has 1 atom stereocenters. The van der Waals surface area contributed by atoms with Crippen molar-refractivity contribution in [3.05, 3.63) is 18.1 Å². The van der Waals surface area contributed by atoms with Crippen LogP contribution in [0.2, 0.25) is 0 Å². The van der Waals surface area contributed by atoms with E-state index in [2.05, 4.69) is 20.9 Å². The first kappa shape index (κ1) is 20.1. The van der Waals surface area contributed by atoms with Crippen LogP contribution in [0.15, 0.2) is 12.4 Å². The Morgan fingerprint density at radius 3 is 2.59 bits per heavy atom. The van der Waals surface area contributed by atoms with Crippen LogP contribution < -0.4 is 4.90 Å². The van der Waals surface area contributed by atoms with E-state index in [1.165, 1.54) is 38.6 Å². The molecule has 6 heteroatoms. The van der Waals surface area contributed by atoms with E-state index < -0.39 is 0 Å². The molecule has 1 aliphatic carbocycles. The normalized spacial score (nSPS) is 22.5. The fraction of sp³-hybridized carbons (Fsp3) is 0.762. The van der Waals surface area contributed by atoms with Crippen LogP contribution >= 0.6 is 0 Å². The van der Waals surface area contributed by atoms with Crippen LogP contribution in [0.25, 0.3) is 0 Å². The lowest BCUT2D eigenvalue weighted by Gasteiger charge is -2.30. The number of hydrogen-bond acceptors (Lipinski definition) is 5. The zero-order chi connectivity index (χ0) is 19.2. The summed E-state index contributed by atoms with van der Waals surface area (Å²) in [5.41, 5.74) is 1.07. The van der Waals surface area contributed by atoms with Crippen molar-refractivity contribution in [2.45, 2.75) is 45.4 Å². The van der Waals surface area contributed by atoms with Crippen molar-refractivity contribution < 1.29 is 4.79 Å². The van der Waals surface area contributed by atoms with Crippen LogP contribution in [-0.4, -0.2) is 72.5 Å². The molecule has 3 rings (SSSR count). The van der Waals surface area contributed by atoms with Gasteiger partial charge in [0.2, 0.25) is 5.91 Å². The number of carbonyl (C=O) groups is 1. The second kappa shape index (κ2) is 9.49. The first-order valence-electron chi connectivity index (χ1n) is 10.5. The number of aromatic nitrogens is 2. The number of rotatable bonds is 5. The fourth-order valence-corrected chi connectivity index (χ4v) is 4.53. The van der Waals surface area contributed by atoms with Gasteiger partial charge in [-0.25, -0.2) is 9.97 Å². The van der Waals surface area contributed by atoms with Gasteiger partial charge in [-0.05, 0) is 31.1 Å². The van der Waals surface area contributed by atoms with Gasteiger partial charge in [-0.3, -0.25) is 4.79 Å². The molecule has 27 heavy (non-hydrogen) atoms. The van der Waals surface area contributed by atoms with Crippen molar-refractivity contribution in [1.82, 2.24) is 19.8 Å².